The lowest BCUT2D eigenvalue weighted by atomic mass is 10.1. The molecular formula is C23H24ClFN4OS2. The van der Waals surface area contributed by atoms with E-state index >= 15 is 0 Å². The number of carbonyl (C=O) groups excluding carboxylic acids is 1. The Balaban J connectivity index is 0.00000245. The van der Waals surface area contributed by atoms with Crippen LogP contribution in [0.5, 0.6) is 0 Å². The molecule has 5 nitrogen and oxygen atoms in total. The lowest BCUT2D eigenvalue weighted by molar-refractivity contribution is -0.114. The van der Waals surface area contributed by atoms with Gasteiger partial charge < -0.3 is 10.2 Å². The highest BCUT2D eigenvalue weighted by Gasteiger charge is 2.19. The van der Waals surface area contributed by atoms with Gasteiger partial charge in [0.05, 0.1) is 10.2 Å². The highest BCUT2D eigenvalue weighted by molar-refractivity contribution is 7.22. The minimum absolute atomic E-state index is 0. The maximum absolute atomic E-state index is 13.7. The Morgan fingerprint density at radius 3 is 2.69 bits per heavy atom. The first-order chi connectivity index (χ1) is 15.0. The lowest BCUT2D eigenvalue weighted by Crippen LogP contribution is -2.47. The zero-order valence-electron chi connectivity index (χ0n) is 17.6. The van der Waals surface area contributed by atoms with Crippen molar-refractivity contribution in [1.82, 2.24) is 9.88 Å². The van der Waals surface area contributed by atoms with Gasteiger partial charge in [-0.05, 0) is 42.3 Å². The molecule has 1 aliphatic heterocycles. The van der Waals surface area contributed by atoms with E-state index in [4.69, 9.17) is 0 Å². The Labute approximate surface area is 200 Å². The number of nitrogens with zero attached hydrogens (tertiary/aromatic N) is 3. The third-order valence-electron chi connectivity index (χ3n) is 5.67. The van der Waals surface area contributed by atoms with E-state index in [9.17, 15) is 9.18 Å². The molecule has 0 atom stereocenters. The summed E-state index contributed by atoms with van der Waals surface area (Å²) < 4.78 is 15.8. The summed E-state index contributed by atoms with van der Waals surface area (Å²) in [5.74, 6) is -0.0983. The van der Waals surface area contributed by atoms with E-state index in [0.717, 1.165) is 65.1 Å². The molecule has 168 valence electrons. The zero-order valence-corrected chi connectivity index (χ0v) is 20.1. The number of thiophene rings is 1. The molecule has 9 heteroatoms. The van der Waals surface area contributed by atoms with E-state index in [1.54, 1.807) is 6.07 Å². The Morgan fingerprint density at radius 1 is 1.09 bits per heavy atom. The SMILES string of the molecule is CC(=O)Nc1nc2ccc(CCN3CCN(c4cccc5sc(F)cc45)CC3)cc2s1.Cl. The number of anilines is 2. The molecular weight excluding hydrogens is 467 g/mol. The second-order valence-electron chi connectivity index (χ2n) is 7.82. The number of benzene rings is 2. The molecule has 1 amide bonds. The number of thiazole rings is 1. The van der Waals surface area contributed by atoms with E-state index in [0.29, 0.717) is 5.13 Å². The monoisotopic (exact) mass is 490 g/mol. The Kier molecular flexibility index (Phi) is 6.95. The van der Waals surface area contributed by atoms with Crippen LogP contribution >= 0.6 is 35.1 Å². The Morgan fingerprint density at radius 2 is 1.91 bits per heavy atom. The smallest absolute Gasteiger partial charge is 0.223 e. The maximum atomic E-state index is 13.7. The van der Waals surface area contributed by atoms with E-state index in [2.05, 4.69) is 38.3 Å². The van der Waals surface area contributed by atoms with Crippen molar-refractivity contribution in [3.05, 3.63) is 53.2 Å². The highest BCUT2D eigenvalue weighted by Crippen LogP contribution is 2.33. The van der Waals surface area contributed by atoms with E-state index < -0.39 is 0 Å². The number of hydrogen-bond donors (Lipinski definition) is 1. The molecule has 32 heavy (non-hydrogen) atoms. The van der Waals surface area contributed by atoms with Crippen LogP contribution in [0.25, 0.3) is 20.3 Å². The molecule has 2 aromatic carbocycles. The molecule has 2 aromatic heterocycles. The summed E-state index contributed by atoms with van der Waals surface area (Å²) in [6, 6.07) is 14.1. The van der Waals surface area contributed by atoms with Crippen LogP contribution in [0.2, 0.25) is 0 Å². The van der Waals surface area contributed by atoms with Gasteiger partial charge in [0.2, 0.25) is 5.91 Å². The average Bonchev–Trinajstić information content (AvgIpc) is 3.33. The minimum Gasteiger partial charge on any atom is -0.368 e. The van der Waals surface area contributed by atoms with Gasteiger partial charge in [0.15, 0.2) is 10.3 Å². The van der Waals surface area contributed by atoms with E-state index in [1.807, 2.05) is 18.2 Å². The van der Waals surface area contributed by atoms with Gasteiger partial charge in [-0.25, -0.2) is 4.98 Å². The first-order valence-corrected chi connectivity index (χ1v) is 12.0. The van der Waals surface area contributed by atoms with Crippen LogP contribution in [-0.2, 0) is 11.2 Å². The summed E-state index contributed by atoms with van der Waals surface area (Å²) in [5, 5.41) is 4.31. The molecule has 1 N–H and O–H groups in total. The van der Waals surface area contributed by atoms with Crippen LogP contribution in [0.4, 0.5) is 15.2 Å². The molecule has 1 saturated heterocycles. The Hall–Kier alpha value is -2.26. The third kappa shape index (κ3) is 4.88. The molecule has 4 aromatic rings. The van der Waals surface area contributed by atoms with Crippen LogP contribution in [0.3, 0.4) is 0 Å². The molecule has 0 unspecified atom stereocenters. The van der Waals surface area contributed by atoms with Gasteiger partial charge in [-0.15, -0.1) is 23.7 Å². The molecule has 0 aliphatic carbocycles. The molecule has 3 heterocycles. The van der Waals surface area contributed by atoms with Crippen LogP contribution in [0.15, 0.2) is 42.5 Å². The number of nitrogens with one attached hydrogen (secondary N) is 1. The van der Waals surface area contributed by atoms with Crippen molar-refractivity contribution in [2.24, 2.45) is 0 Å². The lowest BCUT2D eigenvalue weighted by Gasteiger charge is -2.36. The third-order valence-corrected chi connectivity index (χ3v) is 7.50. The molecule has 0 spiro atoms. The van der Waals surface area contributed by atoms with Gasteiger partial charge in [-0.2, -0.15) is 4.39 Å². The van der Waals surface area contributed by atoms with Crippen molar-refractivity contribution in [2.45, 2.75) is 13.3 Å². The zero-order chi connectivity index (χ0) is 21.4. The van der Waals surface area contributed by atoms with Crippen LogP contribution in [0.1, 0.15) is 12.5 Å². The fourth-order valence-electron chi connectivity index (χ4n) is 4.12. The van der Waals surface area contributed by atoms with Gasteiger partial charge in [-0.3, -0.25) is 9.69 Å². The number of aromatic nitrogens is 1. The van der Waals surface area contributed by atoms with Crippen molar-refractivity contribution in [2.75, 3.05) is 42.9 Å². The molecule has 0 radical (unpaired) electrons. The number of fused-ring (bicyclic) bond motifs is 2. The summed E-state index contributed by atoms with van der Waals surface area (Å²) >= 11 is 2.73. The van der Waals surface area contributed by atoms with Crippen molar-refractivity contribution < 1.29 is 9.18 Å². The van der Waals surface area contributed by atoms with E-state index in [1.165, 1.54) is 35.2 Å². The summed E-state index contributed by atoms with van der Waals surface area (Å²) in [5.41, 5.74) is 3.35. The van der Waals surface area contributed by atoms with Crippen LogP contribution in [-0.4, -0.2) is 48.5 Å². The second-order valence-corrected chi connectivity index (χ2v) is 9.89. The summed E-state index contributed by atoms with van der Waals surface area (Å²) in [6.07, 6.45) is 0.981. The van der Waals surface area contributed by atoms with Gasteiger partial charge in [0.25, 0.3) is 0 Å². The van der Waals surface area contributed by atoms with Gasteiger partial charge >= 0.3 is 0 Å². The standard InChI is InChI=1S/C23H23FN4OS2.ClH/c1-15(29)25-23-26-18-6-5-16(13-21(18)31-23)7-8-27-9-11-28(12-10-27)19-3-2-4-20-17(19)14-22(24)30-20;/h2-6,13-14H,7-12H2,1H3,(H,25,26,29);1H. The summed E-state index contributed by atoms with van der Waals surface area (Å²) in [4.78, 5) is 20.6. The first-order valence-electron chi connectivity index (χ1n) is 10.4. The number of halogens is 2. The van der Waals surface area contributed by atoms with Crippen LogP contribution < -0.4 is 10.2 Å². The van der Waals surface area contributed by atoms with Crippen LogP contribution in [0, 0.1) is 5.13 Å². The summed E-state index contributed by atoms with van der Waals surface area (Å²) in [7, 11) is 0. The number of carbonyl (C=O) groups is 1. The van der Waals surface area contributed by atoms with Crippen molar-refractivity contribution in [3.63, 3.8) is 0 Å². The Bertz CT molecular complexity index is 1250. The fraction of sp³-hybridized carbons (Fsp3) is 0.304. The molecule has 1 aliphatic rings. The quantitative estimate of drug-likeness (QED) is 0.407. The highest BCUT2D eigenvalue weighted by atomic mass is 35.5. The average molecular weight is 491 g/mol. The molecule has 1 fully saturated rings. The number of piperazine rings is 1. The van der Waals surface area contributed by atoms with Crippen molar-refractivity contribution in [3.8, 4) is 0 Å². The van der Waals surface area contributed by atoms with Gasteiger partial charge in [0, 0.05) is 55.4 Å². The summed E-state index contributed by atoms with van der Waals surface area (Å²) in [6.45, 7) is 6.40. The van der Waals surface area contributed by atoms with Crippen molar-refractivity contribution in [1.29, 1.82) is 0 Å². The second kappa shape index (κ2) is 9.70. The minimum atomic E-state index is -0.122. The molecule has 0 bridgehead atoms. The van der Waals surface area contributed by atoms with E-state index in [-0.39, 0.29) is 23.4 Å². The number of rotatable bonds is 5. The topological polar surface area (TPSA) is 48.5 Å². The fourth-order valence-corrected chi connectivity index (χ4v) is 5.90. The largest absolute Gasteiger partial charge is 0.368 e. The van der Waals surface area contributed by atoms with Gasteiger partial charge in [-0.1, -0.05) is 23.5 Å². The maximum Gasteiger partial charge on any atom is 0.223 e. The van der Waals surface area contributed by atoms with Crippen molar-refractivity contribution >= 4 is 72.1 Å². The number of amides is 1. The predicted molar refractivity (Wildman–Crippen MR) is 135 cm³/mol. The first kappa shape index (κ1) is 22.9. The number of hydrogen-bond acceptors (Lipinski definition) is 6. The normalized spacial score (nSPS) is 14.6. The van der Waals surface area contributed by atoms with Gasteiger partial charge in [0.1, 0.15) is 0 Å². The molecule has 5 rings (SSSR count). The predicted octanol–water partition coefficient (Wildman–Crippen LogP) is 5.40. The molecule has 0 saturated carbocycles.